The zero-order valence-electron chi connectivity index (χ0n) is 8.23. The Bertz CT molecular complexity index is 233. The van der Waals surface area contributed by atoms with Gasteiger partial charge in [0.05, 0.1) is 6.61 Å². The lowest BCUT2D eigenvalue weighted by molar-refractivity contribution is 0.110. The van der Waals surface area contributed by atoms with Crippen LogP contribution in [0.25, 0.3) is 0 Å². The van der Waals surface area contributed by atoms with Crippen LogP contribution in [0.3, 0.4) is 0 Å². The van der Waals surface area contributed by atoms with E-state index in [9.17, 15) is 0 Å². The Morgan fingerprint density at radius 2 is 1.85 bits per heavy atom. The fraction of sp³-hybridized carbons (Fsp3) is 0.455. The molecule has 0 aliphatic heterocycles. The van der Waals surface area contributed by atoms with E-state index >= 15 is 0 Å². The molecule has 0 aliphatic carbocycles. The average Bonchev–Trinajstić information content (AvgIpc) is 2.15. The minimum atomic E-state index is 0.395. The molecule has 13 heavy (non-hydrogen) atoms. The lowest BCUT2D eigenvalue weighted by atomic mass is 9.89. The maximum atomic E-state index is 5.10. The van der Waals surface area contributed by atoms with E-state index in [0.717, 1.165) is 0 Å². The monoisotopic (exact) mass is 179 g/mol. The predicted octanol–water partition coefficient (Wildman–Crippen LogP) is 2.32. The molecule has 2 N–H and O–H groups in total. The largest absolute Gasteiger partial charge is 0.304 e. The summed E-state index contributed by atoms with van der Waals surface area (Å²) in [5.74, 6) is 6.05. The van der Waals surface area contributed by atoms with Crippen LogP contribution in [0.4, 0.5) is 0 Å². The lowest BCUT2D eigenvalue weighted by Gasteiger charge is -2.19. The number of benzene rings is 1. The van der Waals surface area contributed by atoms with Gasteiger partial charge < -0.3 is 4.84 Å². The predicted molar refractivity (Wildman–Crippen MR) is 54.2 cm³/mol. The van der Waals surface area contributed by atoms with Gasteiger partial charge in [0.15, 0.2) is 0 Å². The minimum Gasteiger partial charge on any atom is -0.304 e. The maximum Gasteiger partial charge on any atom is 0.0750 e. The Labute approximate surface area is 79.7 Å². The molecule has 0 amide bonds. The summed E-state index contributed by atoms with van der Waals surface area (Å²) < 4.78 is 0. The van der Waals surface area contributed by atoms with Crippen LogP contribution in [0, 0.1) is 5.92 Å². The van der Waals surface area contributed by atoms with E-state index in [1.54, 1.807) is 0 Å². The first-order chi connectivity index (χ1) is 6.25. The second-order valence-corrected chi connectivity index (χ2v) is 3.59. The summed E-state index contributed by atoms with van der Waals surface area (Å²) in [7, 11) is 0. The van der Waals surface area contributed by atoms with Crippen LogP contribution in [0.1, 0.15) is 25.3 Å². The molecule has 2 nitrogen and oxygen atoms in total. The van der Waals surface area contributed by atoms with Gasteiger partial charge in [0.1, 0.15) is 0 Å². The van der Waals surface area contributed by atoms with Crippen molar-refractivity contribution in [3.05, 3.63) is 35.9 Å². The smallest absolute Gasteiger partial charge is 0.0750 e. The Hall–Kier alpha value is -0.860. The molecular formula is C11H17NO. The number of nitrogens with two attached hydrogens (primary N) is 1. The standard InChI is InChI=1S/C11H17NO/c1-9(2)11(8-13-12)10-6-4-3-5-7-10/h3-7,9,11H,8,12H2,1-2H3. The van der Waals surface area contributed by atoms with Crippen molar-refractivity contribution in [2.75, 3.05) is 6.61 Å². The summed E-state index contributed by atoms with van der Waals surface area (Å²) in [5.41, 5.74) is 1.29. The molecule has 72 valence electrons. The summed E-state index contributed by atoms with van der Waals surface area (Å²) in [5, 5.41) is 0. The third-order valence-corrected chi connectivity index (χ3v) is 2.31. The van der Waals surface area contributed by atoms with Crippen LogP contribution >= 0.6 is 0 Å². The van der Waals surface area contributed by atoms with Crippen molar-refractivity contribution >= 4 is 0 Å². The molecule has 2 heteroatoms. The number of rotatable bonds is 4. The summed E-state index contributed by atoms with van der Waals surface area (Å²) in [6.45, 7) is 4.94. The maximum absolute atomic E-state index is 5.10. The molecule has 1 unspecified atom stereocenters. The highest BCUT2D eigenvalue weighted by atomic mass is 16.6. The molecule has 0 saturated heterocycles. The van der Waals surface area contributed by atoms with Crippen LogP contribution in [0.15, 0.2) is 30.3 Å². The molecule has 0 radical (unpaired) electrons. The first-order valence-corrected chi connectivity index (χ1v) is 4.62. The van der Waals surface area contributed by atoms with Gasteiger partial charge in [0.25, 0.3) is 0 Å². The van der Waals surface area contributed by atoms with Gasteiger partial charge in [0, 0.05) is 5.92 Å². The lowest BCUT2D eigenvalue weighted by Crippen LogP contribution is -2.16. The van der Waals surface area contributed by atoms with Gasteiger partial charge in [-0.05, 0) is 11.5 Å². The van der Waals surface area contributed by atoms with Gasteiger partial charge in [-0.3, -0.25) is 0 Å². The van der Waals surface area contributed by atoms with E-state index in [-0.39, 0.29) is 0 Å². The molecule has 1 atom stereocenters. The highest BCUT2D eigenvalue weighted by molar-refractivity contribution is 5.20. The summed E-state index contributed by atoms with van der Waals surface area (Å²) in [6.07, 6.45) is 0. The van der Waals surface area contributed by atoms with Crippen molar-refractivity contribution < 1.29 is 4.84 Å². The van der Waals surface area contributed by atoms with Crippen molar-refractivity contribution in [1.29, 1.82) is 0 Å². The van der Waals surface area contributed by atoms with E-state index in [1.807, 2.05) is 18.2 Å². The molecule has 0 aromatic heterocycles. The summed E-state index contributed by atoms with van der Waals surface area (Å²) >= 11 is 0. The average molecular weight is 179 g/mol. The van der Waals surface area contributed by atoms with E-state index in [1.165, 1.54) is 5.56 Å². The fourth-order valence-electron chi connectivity index (χ4n) is 1.48. The summed E-state index contributed by atoms with van der Waals surface area (Å²) in [6, 6.07) is 10.3. The number of hydrogen-bond acceptors (Lipinski definition) is 2. The molecule has 1 aromatic carbocycles. The first-order valence-electron chi connectivity index (χ1n) is 4.62. The zero-order valence-corrected chi connectivity index (χ0v) is 8.23. The third-order valence-electron chi connectivity index (χ3n) is 2.31. The van der Waals surface area contributed by atoms with Crippen molar-refractivity contribution in [2.24, 2.45) is 11.8 Å². The van der Waals surface area contributed by atoms with E-state index in [4.69, 9.17) is 10.7 Å². The van der Waals surface area contributed by atoms with E-state index in [0.29, 0.717) is 18.4 Å². The topological polar surface area (TPSA) is 35.2 Å². The second kappa shape index (κ2) is 5.00. The number of hydrogen-bond donors (Lipinski definition) is 1. The van der Waals surface area contributed by atoms with Gasteiger partial charge >= 0.3 is 0 Å². The molecule has 0 fully saturated rings. The summed E-state index contributed by atoms with van der Waals surface area (Å²) in [4.78, 5) is 4.72. The van der Waals surface area contributed by atoms with Gasteiger partial charge in [-0.15, -0.1) is 0 Å². The second-order valence-electron chi connectivity index (χ2n) is 3.59. The van der Waals surface area contributed by atoms with Gasteiger partial charge in [0.2, 0.25) is 0 Å². The van der Waals surface area contributed by atoms with Crippen LogP contribution in [-0.4, -0.2) is 6.61 Å². The van der Waals surface area contributed by atoms with Crippen molar-refractivity contribution in [2.45, 2.75) is 19.8 Å². The third kappa shape index (κ3) is 2.83. The van der Waals surface area contributed by atoms with E-state index in [2.05, 4.69) is 26.0 Å². The molecule has 0 aliphatic rings. The normalized spacial score (nSPS) is 13.2. The van der Waals surface area contributed by atoms with Crippen molar-refractivity contribution in [1.82, 2.24) is 0 Å². The Kier molecular flexibility index (Phi) is 3.93. The Morgan fingerprint density at radius 1 is 1.23 bits per heavy atom. The molecule has 1 aromatic rings. The highest BCUT2D eigenvalue weighted by Crippen LogP contribution is 2.23. The SMILES string of the molecule is CC(C)C(CON)c1ccccc1. The Balaban J connectivity index is 2.76. The molecular weight excluding hydrogens is 162 g/mol. The zero-order chi connectivity index (χ0) is 9.68. The fourth-order valence-corrected chi connectivity index (χ4v) is 1.48. The molecule has 0 saturated carbocycles. The van der Waals surface area contributed by atoms with Crippen LogP contribution in [-0.2, 0) is 4.84 Å². The van der Waals surface area contributed by atoms with E-state index < -0.39 is 0 Å². The first kappa shape index (κ1) is 10.2. The van der Waals surface area contributed by atoms with Crippen molar-refractivity contribution in [3.8, 4) is 0 Å². The molecule has 0 bridgehead atoms. The van der Waals surface area contributed by atoms with Gasteiger partial charge in [-0.25, -0.2) is 5.90 Å². The van der Waals surface area contributed by atoms with Crippen molar-refractivity contribution in [3.63, 3.8) is 0 Å². The Morgan fingerprint density at radius 3 is 2.31 bits per heavy atom. The molecule has 1 rings (SSSR count). The van der Waals surface area contributed by atoms with Crippen LogP contribution in [0.5, 0.6) is 0 Å². The molecule has 0 heterocycles. The van der Waals surface area contributed by atoms with Crippen LogP contribution < -0.4 is 5.90 Å². The van der Waals surface area contributed by atoms with Gasteiger partial charge in [-0.2, -0.15) is 0 Å². The quantitative estimate of drug-likeness (QED) is 0.720. The van der Waals surface area contributed by atoms with Gasteiger partial charge in [-0.1, -0.05) is 44.2 Å². The minimum absolute atomic E-state index is 0.395. The highest BCUT2D eigenvalue weighted by Gasteiger charge is 2.14. The molecule has 0 spiro atoms. The van der Waals surface area contributed by atoms with Crippen LogP contribution in [0.2, 0.25) is 0 Å².